The molecule has 6 heteroatoms. The number of likely N-dealkylation sites (N-methyl/N-ethyl adjacent to an activating group) is 1. The van der Waals surface area contributed by atoms with Gasteiger partial charge in [0, 0.05) is 19.5 Å². The molecule has 6 nitrogen and oxygen atoms in total. The zero-order valence-electron chi connectivity index (χ0n) is 9.69. The SMILES string of the molecule is CCN1CCc2nc(CC(=O)O)[nH]c(=O)c2C1. The van der Waals surface area contributed by atoms with Gasteiger partial charge in [-0.25, -0.2) is 4.98 Å². The summed E-state index contributed by atoms with van der Waals surface area (Å²) in [4.78, 5) is 31.3. The number of rotatable bonds is 3. The van der Waals surface area contributed by atoms with Crippen molar-refractivity contribution in [3.63, 3.8) is 0 Å². The molecule has 1 aromatic rings. The number of nitrogens with zero attached hydrogens (tertiary/aromatic N) is 2. The maximum absolute atomic E-state index is 11.8. The number of nitrogens with one attached hydrogen (secondary N) is 1. The minimum atomic E-state index is -0.987. The van der Waals surface area contributed by atoms with Crippen LogP contribution in [0.25, 0.3) is 0 Å². The van der Waals surface area contributed by atoms with Gasteiger partial charge in [0.25, 0.3) is 5.56 Å². The lowest BCUT2D eigenvalue weighted by Crippen LogP contribution is -2.36. The highest BCUT2D eigenvalue weighted by molar-refractivity contribution is 5.68. The second-order valence-corrected chi connectivity index (χ2v) is 4.13. The van der Waals surface area contributed by atoms with E-state index >= 15 is 0 Å². The van der Waals surface area contributed by atoms with Crippen molar-refractivity contribution in [1.29, 1.82) is 0 Å². The largest absolute Gasteiger partial charge is 0.481 e. The summed E-state index contributed by atoms with van der Waals surface area (Å²) in [6.07, 6.45) is 0.472. The summed E-state index contributed by atoms with van der Waals surface area (Å²) >= 11 is 0. The summed E-state index contributed by atoms with van der Waals surface area (Å²) < 4.78 is 0. The van der Waals surface area contributed by atoms with Crippen LogP contribution in [0.3, 0.4) is 0 Å². The van der Waals surface area contributed by atoms with E-state index in [1.807, 2.05) is 6.92 Å². The second kappa shape index (κ2) is 4.67. The molecule has 1 aromatic heterocycles. The van der Waals surface area contributed by atoms with Gasteiger partial charge < -0.3 is 10.1 Å². The van der Waals surface area contributed by atoms with E-state index in [9.17, 15) is 9.59 Å². The highest BCUT2D eigenvalue weighted by atomic mass is 16.4. The van der Waals surface area contributed by atoms with Gasteiger partial charge in [-0.3, -0.25) is 14.5 Å². The number of fused-ring (bicyclic) bond motifs is 1. The number of H-pyrrole nitrogens is 1. The molecule has 0 atom stereocenters. The standard InChI is InChI=1S/C11H15N3O3/c1-2-14-4-3-8-7(6-14)11(17)13-9(12-8)5-10(15)16/h2-6H2,1H3,(H,15,16)(H,12,13,17). The van der Waals surface area contributed by atoms with Crippen molar-refractivity contribution < 1.29 is 9.90 Å². The molecule has 0 spiro atoms. The first-order valence-electron chi connectivity index (χ1n) is 5.65. The van der Waals surface area contributed by atoms with Crippen LogP contribution in [-0.4, -0.2) is 39.0 Å². The van der Waals surface area contributed by atoms with Crippen LogP contribution in [0.5, 0.6) is 0 Å². The highest BCUT2D eigenvalue weighted by Crippen LogP contribution is 2.13. The van der Waals surface area contributed by atoms with Gasteiger partial charge in [-0.15, -0.1) is 0 Å². The number of carbonyl (C=O) groups is 1. The van der Waals surface area contributed by atoms with Crippen molar-refractivity contribution >= 4 is 5.97 Å². The van der Waals surface area contributed by atoms with E-state index in [1.165, 1.54) is 0 Å². The van der Waals surface area contributed by atoms with Crippen LogP contribution in [0.15, 0.2) is 4.79 Å². The molecular weight excluding hydrogens is 222 g/mol. The first-order chi connectivity index (χ1) is 8.10. The summed E-state index contributed by atoms with van der Waals surface area (Å²) in [6, 6.07) is 0. The van der Waals surface area contributed by atoms with Crippen molar-refractivity contribution in [3.8, 4) is 0 Å². The lowest BCUT2D eigenvalue weighted by molar-refractivity contribution is -0.136. The molecule has 0 saturated carbocycles. The molecule has 92 valence electrons. The van der Waals surface area contributed by atoms with Gasteiger partial charge in [0.2, 0.25) is 0 Å². The first kappa shape index (κ1) is 11.8. The third-order valence-corrected chi connectivity index (χ3v) is 2.96. The Hall–Kier alpha value is -1.69. The molecule has 0 bridgehead atoms. The third kappa shape index (κ3) is 2.52. The Bertz CT molecular complexity index is 495. The molecule has 1 aliphatic heterocycles. The lowest BCUT2D eigenvalue weighted by Gasteiger charge is -2.26. The molecule has 17 heavy (non-hydrogen) atoms. The quantitative estimate of drug-likeness (QED) is 0.758. The average Bonchev–Trinajstić information content (AvgIpc) is 2.28. The lowest BCUT2D eigenvalue weighted by atomic mass is 10.1. The summed E-state index contributed by atoms with van der Waals surface area (Å²) in [7, 11) is 0. The number of hydrogen-bond acceptors (Lipinski definition) is 4. The molecule has 0 radical (unpaired) electrons. The van der Waals surface area contributed by atoms with Crippen LogP contribution >= 0.6 is 0 Å². The first-order valence-corrected chi connectivity index (χ1v) is 5.65. The Morgan fingerprint density at radius 3 is 3.00 bits per heavy atom. The molecule has 0 saturated heterocycles. The van der Waals surface area contributed by atoms with Crippen molar-refractivity contribution in [2.45, 2.75) is 26.3 Å². The monoisotopic (exact) mass is 237 g/mol. The Morgan fingerprint density at radius 1 is 1.59 bits per heavy atom. The summed E-state index contributed by atoms with van der Waals surface area (Å²) in [5.41, 5.74) is 1.21. The molecule has 2 rings (SSSR count). The van der Waals surface area contributed by atoms with Gasteiger partial charge in [-0.05, 0) is 6.54 Å². The third-order valence-electron chi connectivity index (χ3n) is 2.96. The molecule has 0 unspecified atom stereocenters. The number of hydrogen-bond donors (Lipinski definition) is 2. The average molecular weight is 237 g/mol. The predicted octanol–water partition coefficient (Wildman–Crippen LogP) is -0.225. The molecular formula is C11H15N3O3. The normalized spacial score (nSPS) is 15.6. The molecule has 0 fully saturated rings. The summed E-state index contributed by atoms with van der Waals surface area (Å²) in [5, 5.41) is 8.67. The summed E-state index contributed by atoms with van der Waals surface area (Å²) in [6.45, 7) is 4.41. The van der Waals surface area contributed by atoms with Crippen LogP contribution in [0.4, 0.5) is 0 Å². The molecule has 2 N–H and O–H groups in total. The Balaban J connectivity index is 2.33. The van der Waals surface area contributed by atoms with Crippen LogP contribution in [0.2, 0.25) is 0 Å². The van der Waals surface area contributed by atoms with Crippen molar-refractivity contribution in [1.82, 2.24) is 14.9 Å². The molecule has 0 aliphatic carbocycles. The number of carboxylic acids is 1. The van der Waals surface area contributed by atoms with Gasteiger partial charge in [0.1, 0.15) is 12.2 Å². The van der Waals surface area contributed by atoms with Gasteiger partial charge >= 0.3 is 5.97 Å². The topological polar surface area (TPSA) is 86.3 Å². The fourth-order valence-corrected chi connectivity index (χ4v) is 2.03. The van der Waals surface area contributed by atoms with E-state index in [4.69, 9.17) is 5.11 Å². The van der Waals surface area contributed by atoms with Gasteiger partial charge in [0.05, 0.1) is 11.3 Å². The van der Waals surface area contributed by atoms with Crippen molar-refractivity contribution in [2.24, 2.45) is 0 Å². The van der Waals surface area contributed by atoms with Gasteiger partial charge in [-0.2, -0.15) is 0 Å². The minimum absolute atomic E-state index is 0.204. The molecule has 2 heterocycles. The van der Waals surface area contributed by atoms with Crippen molar-refractivity contribution in [2.75, 3.05) is 13.1 Å². The Kier molecular flexibility index (Phi) is 3.23. The number of carboxylic acid groups (broad SMARTS) is 1. The number of aliphatic carboxylic acids is 1. The number of aromatic nitrogens is 2. The van der Waals surface area contributed by atoms with Crippen LogP contribution in [0.1, 0.15) is 24.0 Å². The predicted molar refractivity (Wildman–Crippen MR) is 60.9 cm³/mol. The molecule has 0 aromatic carbocycles. The van der Waals surface area contributed by atoms with E-state index in [2.05, 4.69) is 14.9 Å². The zero-order valence-corrected chi connectivity index (χ0v) is 9.69. The van der Waals surface area contributed by atoms with E-state index in [0.717, 1.165) is 18.8 Å². The molecule has 1 aliphatic rings. The van der Waals surface area contributed by atoms with Gasteiger partial charge in [-0.1, -0.05) is 6.92 Å². The van der Waals surface area contributed by atoms with Crippen LogP contribution in [0, 0.1) is 0 Å². The fraction of sp³-hybridized carbons (Fsp3) is 0.545. The fourth-order valence-electron chi connectivity index (χ4n) is 2.03. The summed E-state index contributed by atoms with van der Waals surface area (Å²) in [5.74, 6) is -0.745. The maximum atomic E-state index is 11.8. The van der Waals surface area contributed by atoms with Crippen LogP contribution in [-0.2, 0) is 24.2 Å². The van der Waals surface area contributed by atoms with E-state index in [-0.39, 0.29) is 17.8 Å². The maximum Gasteiger partial charge on any atom is 0.311 e. The molecule has 0 amide bonds. The van der Waals surface area contributed by atoms with E-state index < -0.39 is 5.97 Å². The second-order valence-electron chi connectivity index (χ2n) is 4.13. The minimum Gasteiger partial charge on any atom is -0.481 e. The van der Waals surface area contributed by atoms with E-state index in [1.54, 1.807) is 0 Å². The van der Waals surface area contributed by atoms with Gasteiger partial charge in [0.15, 0.2) is 0 Å². The number of aromatic amines is 1. The smallest absolute Gasteiger partial charge is 0.311 e. The van der Waals surface area contributed by atoms with E-state index in [0.29, 0.717) is 18.5 Å². The van der Waals surface area contributed by atoms with Crippen LogP contribution < -0.4 is 5.56 Å². The van der Waals surface area contributed by atoms with Crippen molar-refractivity contribution in [3.05, 3.63) is 27.4 Å². The Morgan fingerprint density at radius 2 is 2.35 bits per heavy atom. The zero-order chi connectivity index (χ0) is 12.4. The highest BCUT2D eigenvalue weighted by Gasteiger charge is 2.20. The Labute approximate surface area is 98.3 Å².